The van der Waals surface area contributed by atoms with Gasteiger partial charge in [-0.05, 0) is 43.7 Å². The summed E-state index contributed by atoms with van der Waals surface area (Å²) in [5.74, 6) is 0. The highest BCUT2D eigenvalue weighted by molar-refractivity contribution is 9.10. The summed E-state index contributed by atoms with van der Waals surface area (Å²) in [7, 11) is 2.07. The molecule has 0 aliphatic rings. The zero-order valence-electron chi connectivity index (χ0n) is 11.5. The van der Waals surface area contributed by atoms with Gasteiger partial charge < -0.3 is 10.6 Å². The SMILES string of the molecule is Cc1ccc(N(C)c2ccc(C(C)N)c(Br)c2)cc1. The van der Waals surface area contributed by atoms with Crippen LogP contribution in [0.3, 0.4) is 0 Å². The Morgan fingerprint density at radius 2 is 1.63 bits per heavy atom. The number of nitrogens with zero attached hydrogens (tertiary/aromatic N) is 1. The second kappa shape index (κ2) is 5.76. The lowest BCUT2D eigenvalue weighted by Gasteiger charge is -2.21. The Balaban J connectivity index is 2.31. The van der Waals surface area contributed by atoms with Crippen molar-refractivity contribution in [2.45, 2.75) is 19.9 Å². The molecule has 0 spiro atoms. The van der Waals surface area contributed by atoms with Crippen LogP contribution in [0.4, 0.5) is 11.4 Å². The molecular formula is C16H19BrN2. The number of rotatable bonds is 3. The fourth-order valence-corrected chi connectivity index (χ4v) is 2.74. The average Bonchev–Trinajstić information content (AvgIpc) is 2.38. The predicted molar refractivity (Wildman–Crippen MR) is 86.0 cm³/mol. The molecule has 2 rings (SSSR count). The molecule has 0 heterocycles. The molecular weight excluding hydrogens is 300 g/mol. The summed E-state index contributed by atoms with van der Waals surface area (Å²) in [6.07, 6.45) is 0. The van der Waals surface area contributed by atoms with Crippen LogP contribution in [0.15, 0.2) is 46.9 Å². The Morgan fingerprint density at radius 3 is 2.16 bits per heavy atom. The monoisotopic (exact) mass is 318 g/mol. The molecule has 0 aromatic heterocycles. The first-order valence-corrected chi connectivity index (χ1v) is 7.14. The van der Waals surface area contributed by atoms with Crippen molar-refractivity contribution in [1.82, 2.24) is 0 Å². The summed E-state index contributed by atoms with van der Waals surface area (Å²) in [6, 6.07) is 14.8. The van der Waals surface area contributed by atoms with Gasteiger partial charge >= 0.3 is 0 Å². The van der Waals surface area contributed by atoms with E-state index in [-0.39, 0.29) is 6.04 Å². The summed E-state index contributed by atoms with van der Waals surface area (Å²) >= 11 is 3.59. The molecule has 2 aromatic rings. The molecule has 1 unspecified atom stereocenters. The lowest BCUT2D eigenvalue weighted by atomic mass is 10.1. The molecule has 0 saturated heterocycles. The molecule has 0 aliphatic heterocycles. The summed E-state index contributed by atoms with van der Waals surface area (Å²) in [4.78, 5) is 2.16. The van der Waals surface area contributed by atoms with Gasteiger partial charge in [-0.3, -0.25) is 0 Å². The molecule has 19 heavy (non-hydrogen) atoms. The number of hydrogen-bond acceptors (Lipinski definition) is 2. The fraction of sp³-hybridized carbons (Fsp3) is 0.250. The number of anilines is 2. The van der Waals surface area contributed by atoms with E-state index in [0.29, 0.717) is 0 Å². The lowest BCUT2D eigenvalue weighted by Crippen LogP contribution is -2.11. The molecule has 0 amide bonds. The standard InChI is InChI=1S/C16H19BrN2/c1-11-4-6-13(7-5-11)19(3)14-8-9-15(12(2)18)16(17)10-14/h4-10,12H,18H2,1-3H3. The van der Waals surface area contributed by atoms with Crippen LogP contribution in [0.5, 0.6) is 0 Å². The van der Waals surface area contributed by atoms with Crippen LogP contribution in [-0.2, 0) is 0 Å². The maximum absolute atomic E-state index is 5.92. The van der Waals surface area contributed by atoms with Gasteiger partial charge in [-0.2, -0.15) is 0 Å². The Labute approximate surface area is 123 Å². The van der Waals surface area contributed by atoms with E-state index in [4.69, 9.17) is 5.73 Å². The average molecular weight is 319 g/mol. The van der Waals surface area contributed by atoms with Crippen LogP contribution in [0.1, 0.15) is 24.1 Å². The Hall–Kier alpha value is -1.32. The number of hydrogen-bond donors (Lipinski definition) is 1. The van der Waals surface area contributed by atoms with E-state index >= 15 is 0 Å². The first-order chi connectivity index (χ1) is 8.99. The van der Waals surface area contributed by atoms with Crippen molar-refractivity contribution in [1.29, 1.82) is 0 Å². The van der Waals surface area contributed by atoms with E-state index in [1.807, 2.05) is 6.92 Å². The maximum atomic E-state index is 5.92. The van der Waals surface area contributed by atoms with Crippen molar-refractivity contribution in [2.24, 2.45) is 5.73 Å². The van der Waals surface area contributed by atoms with Gasteiger partial charge in [-0.25, -0.2) is 0 Å². The highest BCUT2D eigenvalue weighted by Gasteiger charge is 2.09. The second-order valence-corrected chi connectivity index (χ2v) is 5.74. The van der Waals surface area contributed by atoms with Crippen molar-refractivity contribution in [3.8, 4) is 0 Å². The van der Waals surface area contributed by atoms with Crippen molar-refractivity contribution >= 4 is 27.3 Å². The Kier molecular flexibility index (Phi) is 4.27. The van der Waals surface area contributed by atoms with Crippen molar-refractivity contribution in [3.05, 3.63) is 58.1 Å². The minimum Gasteiger partial charge on any atom is -0.345 e. The molecule has 0 aliphatic carbocycles. The van der Waals surface area contributed by atoms with Crippen molar-refractivity contribution < 1.29 is 0 Å². The third kappa shape index (κ3) is 3.17. The molecule has 0 radical (unpaired) electrons. The highest BCUT2D eigenvalue weighted by atomic mass is 79.9. The smallest absolute Gasteiger partial charge is 0.0419 e. The normalized spacial score (nSPS) is 12.3. The van der Waals surface area contributed by atoms with Crippen LogP contribution in [0.2, 0.25) is 0 Å². The number of aryl methyl sites for hydroxylation is 1. The van der Waals surface area contributed by atoms with Crippen LogP contribution < -0.4 is 10.6 Å². The van der Waals surface area contributed by atoms with Gasteiger partial charge in [0.25, 0.3) is 0 Å². The zero-order valence-corrected chi connectivity index (χ0v) is 13.1. The largest absolute Gasteiger partial charge is 0.345 e. The Bertz CT molecular complexity index is 561. The lowest BCUT2D eigenvalue weighted by molar-refractivity contribution is 0.813. The minimum atomic E-state index is 0.0353. The predicted octanol–water partition coefficient (Wildman–Crippen LogP) is 4.55. The molecule has 0 fully saturated rings. The second-order valence-electron chi connectivity index (χ2n) is 4.89. The summed E-state index contributed by atoms with van der Waals surface area (Å²) in [5.41, 5.74) is 10.6. The molecule has 3 heteroatoms. The number of halogens is 1. The quantitative estimate of drug-likeness (QED) is 0.899. The van der Waals surface area contributed by atoms with E-state index in [2.05, 4.69) is 77.3 Å². The molecule has 0 bridgehead atoms. The Morgan fingerprint density at radius 1 is 1.05 bits per heavy atom. The topological polar surface area (TPSA) is 29.3 Å². The van der Waals surface area contributed by atoms with Crippen LogP contribution >= 0.6 is 15.9 Å². The van der Waals surface area contributed by atoms with E-state index in [0.717, 1.165) is 15.7 Å². The minimum absolute atomic E-state index is 0.0353. The number of benzene rings is 2. The summed E-state index contributed by atoms with van der Waals surface area (Å²) in [5, 5.41) is 0. The van der Waals surface area contributed by atoms with Gasteiger partial charge in [0, 0.05) is 28.9 Å². The molecule has 1 atom stereocenters. The van der Waals surface area contributed by atoms with Crippen molar-refractivity contribution in [3.63, 3.8) is 0 Å². The first kappa shape index (κ1) is 14.1. The van der Waals surface area contributed by atoms with Gasteiger partial charge in [0.15, 0.2) is 0 Å². The van der Waals surface area contributed by atoms with Crippen LogP contribution in [0.25, 0.3) is 0 Å². The number of nitrogens with two attached hydrogens (primary N) is 1. The van der Waals surface area contributed by atoms with Gasteiger partial charge in [0.1, 0.15) is 0 Å². The van der Waals surface area contributed by atoms with Gasteiger partial charge in [0.05, 0.1) is 0 Å². The van der Waals surface area contributed by atoms with Crippen LogP contribution in [0, 0.1) is 6.92 Å². The third-order valence-corrected chi connectivity index (χ3v) is 3.97. The zero-order chi connectivity index (χ0) is 14.0. The fourth-order valence-electron chi connectivity index (χ4n) is 2.01. The van der Waals surface area contributed by atoms with Crippen LogP contribution in [-0.4, -0.2) is 7.05 Å². The van der Waals surface area contributed by atoms with E-state index in [1.54, 1.807) is 0 Å². The van der Waals surface area contributed by atoms with Gasteiger partial charge in [-0.15, -0.1) is 0 Å². The van der Waals surface area contributed by atoms with E-state index in [1.165, 1.54) is 11.3 Å². The first-order valence-electron chi connectivity index (χ1n) is 6.34. The van der Waals surface area contributed by atoms with Crippen molar-refractivity contribution in [2.75, 3.05) is 11.9 Å². The van der Waals surface area contributed by atoms with E-state index < -0.39 is 0 Å². The molecule has 0 saturated carbocycles. The van der Waals surface area contributed by atoms with Gasteiger partial charge in [-0.1, -0.05) is 39.7 Å². The molecule has 2 N–H and O–H groups in total. The molecule has 2 aromatic carbocycles. The molecule has 2 nitrogen and oxygen atoms in total. The summed E-state index contributed by atoms with van der Waals surface area (Å²) in [6.45, 7) is 4.08. The maximum Gasteiger partial charge on any atom is 0.0419 e. The van der Waals surface area contributed by atoms with E-state index in [9.17, 15) is 0 Å². The van der Waals surface area contributed by atoms with Gasteiger partial charge in [0.2, 0.25) is 0 Å². The highest BCUT2D eigenvalue weighted by Crippen LogP contribution is 2.30. The summed E-state index contributed by atoms with van der Waals surface area (Å²) < 4.78 is 1.05. The third-order valence-electron chi connectivity index (χ3n) is 3.28. The molecule has 100 valence electrons.